The summed E-state index contributed by atoms with van der Waals surface area (Å²) in [5, 5.41) is 6.79. The highest BCUT2D eigenvalue weighted by Crippen LogP contribution is 2.38. The van der Waals surface area contributed by atoms with Gasteiger partial charge < -0.3 is 29.2 Å². The van der Waals surface area contributed by atoms with Crippen molar-refractivity contribution in [1.29, 1.82) is 0 Å². The van der Waals surface area contributed by atoms with E-state index in [1.165, 1.54) is 0 Å². The Balaban J connectivity index is 0.683. The van der Waals surface area contributed by atoms with Crippen LogP contribution in [0, 0.1) is 12.5 Å². The van der Waals surface area contributed by atoms with E-state index in [9.17, 15) is 14.4 Å². The number of piperazine rings is 1. The number of ether oxygens (including phenoxy) is 2. The minimum atomic E-state index is -0.558. The fourth-order valence-electron chi connectivity index (χ4n) is 9.61. The summed E-state index contributed by atoms with van der Waals surface area (Å²) in [5.74, 6) is 1.25. The van der Waals surface area contributed by atoms with Gasteiger partial charge in [-0.3, -0.25) is 29.6 Å². The molecule has 3 amide bonds. The first-order valence-electron chi connectivity index (χ1n) is 23.0. The van der Waals surface area contributed by atoms with Crippen LogP contribution in [0.5, 0.6) is 5.75 Å². The third-order valence-electron chi connectivity index (χ3n) is 13.4. The number of aromatic nitrogens is 4. The van der Waals surface area contributed by atoms with Gasteiger partial charge in [-0.05, 0) is 104 Å². The third-order valence-corrected chi connectivity index (χ3v) is 13.7. The second kappa shape index (κ2) is 20.2. The quantitative estimate of drug-likeness (QED) is 0.0597. The number of carbonyl (C=O) groups is 3. The summed E-state index contributed by atoms with van der Waals surface area (Å²) < 4.78 is 13.9. The Labute approximate surface area is 395 Å². The van der Waals surface area contributed by atoms with E-state index in [0.717, 1.165) is 110 Å². The Morgan fingerprint density at radius 3 is 2.46 bits per heavy atom. The van der Waals surface area contributed by atoms with E-state index < -0.39 is 6.04 Å². The molecule has 15 nitrogen and oxygen atoms in total. The zero-order valence-corrected chi connectivity index (χ0v) is 38.7. The lowest BCUT2D eigenvalue weighted by Crippen LogP contribution is -2.49. The minimum Gasteiger partial charge on any atom is -0.487 e. The maximum atomic E-state index is 13.1. The molecule has 9 rings (SSSR count). The van der Waals surface area contributed by atoms with E-state index in [-0.39, 0.29) is 36.2 Å². The van der Waals surface area contributed by atoms with Crippen molar-refractivity contribution in [2.24, 2.45) is 5.92 Å². The minimum absolute atomic E-state index is 0.0744. The lowest BCUT2D eigenvalue weighted by molar-refractivity contribution is -0.135. The first kappa shape index (κ1) is 45.7. The van der Waals surface area contributed by atoms with Crippen LogP contribution in [0.25, 0.3) is 26.8 Å². The van der Waals surface area contributed by atoms with Gasteiger partial charge in [-0.2, -0.15) is 0 Å². The van der Waals surface area contributed by atoms with Crippen molar-refractivity contribution < 1.29 is 23.9 Å². The smallest absolute Gasteiger partial charge is 0.250 e. The Morgan fingerprint density at radius 2 is 1.69 bits per heavy atom. The lowest BCUT2D eigenvalue weighted by Gasteiger charge is -2.38. The monoisotopic (exact) mass is 922 g/mol. The van der Waals surface area contributed by atoms with Gasteiger partial charge in [-0.15, -0.1) is 0 Å². The number of imide groups is 1. The number of halogens is 1. The van der Waals surface area contributed by atoms with Crippen molar-refractivity contribution in [1.82, 2.24) is 34.6 Å². The Hall–Kier alpha value is -6.44. The predicted octanol–water partition coefficient (Wildman–Crippen LogP) is 7.56. The molecular formula is C51H55ClN10O5. The average Bonchev–Trinajstić information content (AvgIpc) is 3.68. The summed E-state index contributed by atoms with van der Waals surface area (Å²) >= 11 is 6.32. The van der Waals surface area contributed by atoms with E-state index in [1.54, 1.807) is 12.3 Å². The molecule has 1 atom stereocenters. The standard InChI is InChI=1S/C51H55ClN10O5/c1-51(2,36-28-37(52)30-39(29-36)53-3)35-9-11-40(12-10-35)67-32-38-15-19-55-50(56-38)61-24-22-60(23-25-61)31-34-16-20-59(21-17-34)26-27-66-33-46(64)57-41-6-4-7-42-47(41)48-43(8-5-18-54-48)62(42)44-13-14-45(63)58-49(44)65/h4-12,15,18-19,28-30,34,44H,13-14,16-17,20-27,31-33H2,1-2H3,(H,57,64)(H,58,63,65). The number of amides is 3. The Kier molecular flexibility index (Phi) is 13.8. The molecule has 16 heteroatoms. The number of hydrogen-bond acceptors (Lipinski definition) is 11. The number of likely N-dealkylation sites (tertiary alicyclic amines) is 1. The zero-order valence-electron chi connectivity index (χ0n) is 37.9. The molecule has 3 aromatic heterocycles. The van der Waals surface area contributed by atoms with Crippen molar-refractivity contribution in [3.8, 4) is 5.75 Å². The van der Waals surface area contributed by atoms with Crippen molar-refractivity contribution in [2.45, 2.75) is 57.6 Å². The van der Waals surface area contributed by atoms with Gasteiger partial charge >= 0.3 is 0 Å². The maximum absolute atomic E-state index is 13.1. The first-order valence-corrected chi connectivity index (χ1v) is 23.4. The zero-order chi connectivity index (χ0) is 46.5. The molecule has 6 heterocycles. The van der Waals surface area contributed by atoms with Gasteiger partial charge in [-0.25, -0.2) is 14.8 Å². The second-order valence-electron chi connectivity index (χ2n) is 18.2. The van der Waals surface area contributed by atoms with Gasteiger partial charge in [0.1, 0.15) is 25.0 Å². The van der Waals surface area contributed by atoms with Crippen LogP contribution in [0.15, 0.2) is 91.3 Å². The van der Waals surface area contributed by atoms with E-state index in [0.29, 0.717) is 47.5 Å². The van der Waals surface area contributed by atoms with Crippen LogP contribution in [0.1, 0.15) is 62.4 Å². The largest absolute Gasteiger partial charge is 0.487 e. The molecule has 6 aromatic rings. The third kappa shape index (κ3) is 10.4. The number of nitrogens with zero attached hydrogens (tertiary/aromatic N) is 8. The molecular weight excluding hydrogens is 868 g/mol. The molecule has 3 saturated heterocycles. The number of pyridine rings is 1. The number of carbonyl (C=O) groups excluding carboxylic acids is 3. The van der Waals surface area contributed by atoms with Crippen LogP contribution in [-0.2, 0) is 31.1 Å². The molecule has 0 radical (unpaired) electrons. The average molecular weight is 924 g/mol. The number of fused-ring (bicyclic) bond motifs is 3. The number of rotatable bonds is 15. The van der Waals surface area contributed by atoms with Gasteiger partial charge in [0.2, 0.25) is 23.7 Å². The fraction of sp³-hybridized carbons (Fsp3) is 0.392. The van der Waals surface area contributed by atoms with Gasteiger partial charge in [0.25, 0.3) is 0 Å². The number of nitrogens with one attached hydrogen (secondary N) is 2. The maximum Gasteiger partial charge on any atom is 0.250 e. The van der Waals surface area contributed by atoms with Crippen molar-refractivity contribution in [2.75, 3.05) is 75.8 Å². The summed E-state index contributed by atoms with van der Waals surface area (Å²) in [4.78, 5) is 62.8. The van der Waals surface area contributed by atoms with Crippen LogP contribution in [-0.4, -0.2) is 113 Å². The molecule has 3 aliphatic rings. The number of anilines is 2. The summed E-state index contributed by atoms with van der Waals surface area (Å²) in [6, 6.07) is 24.2. The molecule has 3 aliphatic heterocycles. The molecule has 67 heavy (non-hydrogen) atoms. The van der Waals surface area contributed by atoms with Crippen LogP contribution in [0.2, 0.25) is 5.02 Å². The topological polar surface area (TPSA) is 151 Å². The van der Waals surface area contributed by atoms with E-state index >= 15 is 0 Å². The highest BCUT2D eigenvalue weighted by Gasteiger charge is 2.32. The molecule has 0 aliphatic carbocycles. The molecule has 1 unspecified atom stereocenters. The van der Waals surface area contributed by atoms with Crippen LogP contribution in [0.3, 0.4) is 0 Å². The van der Waals surface area contributed by atoms with E-state index in [2.05, 4.69) is 66.1 Å². The second-order valence-corrected chi connectivity index (χ2v) is 18.6. The van der Waals surface area contributed by atoms with Gasteiger partial charge in [-0.1, -0.05) is 49.7 Å². The van der Waals surface area contributed by atoms with Crippen LogP contribution < -0.4 is 20.3 Å². The predicted molar refractivity (Wildman–Crippen MR) is 259 cm³/mol. The summed E-state index contributed by atoms with van der Waals surface area (Å²) in [6.45, 7) is 19.9. The van der Waals surface area contributed by atoms with Crippen LogP contribution >= 0.6 is 11.6 Å². The number of hydrogen-bond donors (Lipinski definition) is 2. The molecule has 3 fully saturated rings. The first-order chi connectivity index (χ1) is 32.5. The Morgan fingerprint density at radius 1 is 0.896 bits per heavy atom. The van der Waals surface area contributed by atoms with E-state index in [4.69, 9.17) is 32.6 Å². The summed E-state index contributed by atoms with van der Waals surface area (Å²) in [7, 11) is 0. The fourth-order valence-corrected chi connectivity index (χ4v) is 9.84. The van der Waals surface area contributed by atoms with Gasteiger partial charge in [0.15, 0.2) is 5.69 Å². The molecule has 0 saturated carbocycles. The van der Waals surface area contributed by atoms with Gasteiger partial charge in [0, 0.05) is 73.9 Å². The molecule has 2 N–H and O–H groups in total. The summed E-state index contributed by atoms with van der Waals surface area (Å²) in [6.07, 6.45) is 6.41. The highest BCUT2D eigenvalue weighted by atomic mass is 35.5. The Bertz CT molecular complexity index is 2810. The highest BCUT2D eigenvalue weighted by molar-refractivity contribution is 6.31. The van der Waals surface area contributed by atoms with E-state index in [1.807, 2.05) is 71.4 Å². The molecule has 346 valence electrons. The van der Waals surface area contributed by atoms with Crippen molar-refractivity contribution in [3.63, 3.8) is 0 Å². The van der Waals surface area contributed by atoms with Crippen molar-refractivity contribution >= 4 is 68.6 Å². The SMILES string of the molecule is [C-]#[N+]c1cc(Cl)cc(C(C)(C)c2ccc(OCc3ccnc(N4CCN(CC5CCN(CCOCC(=O)Nc6cccc7c6c6ncccc6n7C6CCC(=O)NC6=O)CC5)CC4)n3)cc2)c1. The van der Waals surface area contributed by atoms with Crippen LogP contribution in [0.4, 0.5) is 17.3 Å². The molecule has 0 bridgehead atoms. The van der Waals surface area contributed by atoms with Crippen molar-refractivity contribution in [3.05, 3.63) is 125 Å². The number of benzene rings is 3. The molecule has 3 aromatic carbocycles. The lowest BCUT2D eigenvalue weighted by atomic mass is 9.78. The molecule has 0 spiro atoms. The normalized spacial score (nSPS) is 17.7. The summed E-state index contributed by atoms with van der Waals surface area (Å²) in [5.41, 5.74) is 5.90. The number of piperidine rings is 2. The van der Waals surface area contributed by atoms with Gasteiger partial charge in [0.05, 0.1) is 41.1 Å².